The molecule has 6 nitrogen and oxygen atoms in total. The summed E-state index contributed by atoms with van der Waals surface area (Å²) in [6, 6.07) is 6.45. The molecule has 0 spiro atoms. The van der Waals surface area contributed by atoms with Gasteiger partial charge in [0.15, 0.2) is 0 Å². The zero-order valence-electron chi connectivity index (χ0n) is 16.6. The monoisotopic (exact) mass is 367 g/mol. The summed E-state index contributed by atoms with van der Waals surface area (Å²) in [4.78, 5) is 14.0. The van der Waals surface area contributed by atoms with Crippen molar-refractivity contribution in [1.82, 2.24) is 10.2 Å². The summed E-state index contributed by atoms with van der Waals surface area (Å²) in [5.41, 5.74) is 4.82. The Kier molecular flexibility index (Phi) is 6.67. The number of nitrogens with zero attached hydrogens (tertiary/aromatic N) is 2. The van der Waals surface area contributed by atoms with Crippen LogP contribution in [0.15, 0.2) is 24.3 Å². The first-order valence-corrected chi connectivity index (χ1v) is 8.96. The molecule has 1 amide bonds. The molecule has 1 aromatic carbocycles. The van der Waals surface area contributed by atoms with Crippen LogP contribution < -0.4 is 5.32 Å². The molecular formula is C20H26BN3O3. The number of amides is 1. The second-order valence-electron chi connectivity index (χ2n) is 7.58. The molecule has 0 unspecified atom stereocenters. The third-order valence-electron chi connectivity index (χ3n) is 4.13. The Labute approximate surface area is 161 Å². The van der Waals surface area contributed by atoms with Crippen LogP contribution in [0.3, 0.4) is 0 Å². The third-order valence-corrected chi connectivity index (χ3v) is 4.13. The second kappa shape index (κ2) is 8.76. The second-order valence-corrected chi connectivity index (χ2v) is 7.58. The Balaban J connectivity index is 2.12. The van der Waals surface area contributed by atoms with Crippen LogP contribution in [0.1, 0.15) is 43.9 Å². The number of nitrogens with one attached hydrogen (secondary N) is 1. The molecule has 0 aromatic heterocycles. The number of benzene rings is 1. The van der Waals surface area contributed by atoms with Crippen LogP contribution in [0.2, 0.25) is 0 Å². The predicted molar refractivity (Wildman–Crippen MR) is 107 cm³/mol. The van der Waals surface area contributed by atoms with E-state index < -0.39 is 11.7 Å². The van der Waals surface area contributed by atoms with Crippen molar-refractivity contribution in [3.05, 3.63) is 41.0 Å². The Morgan fingerprint density at radius 2 is 2.07 bits per heavy atom. The van der Waals surface area contributed by atoms with Gasteiger partial charge in [0, 0.05) is 0 Å². The Morgan fingerprint density at radius 3 is 2.63 bits per heavy atom. The van der Waals surface area contributed by atoms with Crippen molar-refractivity contribution < 1.29 is 14.2 Å². The van der Waals surface area contributed by atoms with Crippen LogP contribution in [0.25, 0.3) is 5.57 Å². The average molecular weight is 367 g/mol. The molecule has 0 bridgehead atoms. The van der Waals surface area contributed by atoms with E-state index >= 15 is 0 Å². The van der Waals surface area contributed by atoms with Crippen LogP contribution in [-0.4, -0.2) is 42.5 Å². The molecule has 0 fully saturated rings. The number of alkyl carbamates (subject to hydrolysis) is 1. The number of rotatable bonds is 4. The molecule has 142 valence electrons. The molecule has 7 heteroatoms. The molecule has 27 heavy (non-hydrogen) atoms. The van der Waals surface area contributed by atoms with Crippen LogP contribution >= 0.6 is 0 Å². The first-order valence-electron chi connectivity index (χ1n) is 8.96. The molecule has 0 saturated heterocycles. The van der Waals surface area contributed by atoms with Crippen LogP contribution in [0, 0.1) is 25.4 Å². The van der Waals surface area contributed by atoms with E-state index in [1.165, 1.54) is 29.4 Å². The van der Waals surface area contributed by atoms with Crippen molar-refractivity contribution in [2.24, 2.45) is 0 Å². The van der Waals surface area contributed by atoms with E-state index in [9.17, 15) is 4.79 Å². The van der Waals surface area contributed by atoms with E-state index in [2.05, 4.69) is 43.4 Å². The van der Waals surface area contributed by atoms with Gasteiger partial charge < -0.3 is 0 Å². The molecule has 2 rings (SSSR count). The van der Waals surface area contributed by atoms with E-state index in [0.717, 1.165) is 6.42 Å². The Morgan fingerprint density at radius 1 is 1.33 bits per heavy atom. The third kappa shape index (κ3) is 6.17. The van der Waals surface area contributed by atoms with Crippen molar-refractivity contribution in [2.75, 3.05) is 13.1 Å². The topological polar surface area (TPSA) is 74.6 Å². The van der Waals surface area contributed by atoms with Gasteiger partial charge in [-0.2, -0.15) is 0 Å². The SMILES string of the molecule is Cc1ccc(C2=CCN(C(=BOC#N)NC(=O)OC(C)(C)C)CC2)c(C)c1. The summed E-state index contributed by atoms with van der Waals surface area (Å²) in [6.07, 6.45) is 3.97. The van der Waals surface area contributed by atoms with Gasteiger partial charge in [-0.05, 0) is 0 Å². The molecule has 1 aliphatic rings. The molecule has 1 aromatic rings. The van der Waals surface area contributed by atoms with Gasteiger partial charge in [-0.25, -0.2) is 0 Å². The van der Waals surface area contributed by atoms with Crippen molar-refractivity contribution in [3.63, 3.8) is 0 Å². The van der Waals surface area contributed by atoms with Crippen molar-refractivity contribution in [3.8, 4) is 6.26 Å². The van der Waals surface area contributed by atoms with Crippen molar-refractivity contribution >= 4 is 24.5 Å². The minimum atomic E-state index is -0.608. The number of carbonyl (C=O) groups excluding carboxylic acids is 1. The van der Waals surface area contributed by atoms with Crippen LogP contribution in [0.5, 0.6) is 0 Å². The van der Waals surface area contributed by atoms with Crippen molar-refractivity contribution in [2.45, 2.75) is 46.6 Å². The molecular weight excluding hydrogens is 341 g/mol. The van der Waals surface area contributed by atoms with Gasteiger partial charge in [0.1, 0.15) is 0 Å². The molecule has 0 aliphatic carbocycles. The molecule has 1 N–H and O–H groups in total. The van der Waals surface area contributed by atoms with E-state index in [0.29, 0.717) is 18.8 Å². The number of hydrogen-bond donors (Lipinski definition) is 1. The summed E-state index contributed by atoms with van der Waals surface area (Å²) >= 11 is 0. The fourth-order valence-corrected chi connectivity index (χ4v) is 2.98. The number of hydrogen-bond acceptors (Lipinski definition) is 5. The van der Waals surface area contributed by atoms with Crippen LogP contribution in [-0.2, 0) is 9.39 Å². The summed E-state index contributed by atoms with van der Waals surface area (Å²) in [5, 5.41) is 11.4. The molecule has 1 heterocycles. The van der Waals surface area contributed by atoms with Gasteiger partial charge >= 0.3 is 161 Å². The maximum absolute atomic E-state index is 12.1. The van der Waals surface area contributed by atoms with E-state index in [4.69, 9.17) is 14.7 Å². The van der Waals surface area contributed by atoms with Gasteiger partial charge in [-0.15, -0.1) is 0 Å². The number of aryl methyl sites for hydroxylation is 2. The maximum atomic E-state index is 12.1. The summed E-state index contributed by atoms with van der Waals surface area (Å²) in [7, 11) is 1.24. The van der Waals surface area contributed by atoms with Gasteiger partial charge in [-0.3, -0.25) is 0 Å². The predicted octanol–water partition coefficient (Wildman–Crippen LogP) is 3.12. The summed E-state index contributed by atoms with van der Waals surface area (Å²) in [5.74, 6) is 0. The first kappa shape index (κ1) is 20.6. The van der Waals surface area contributed by atoms with Crippen LogP contribution in [0.4, 0.5) is 4.79 Å². The molecule has 0 saturated carbocycles. The average Bonchev–Trinajstić information content (AvgIpc) is 2.57. The van der Waals surface area contributed by atoms with E-state index in [-0.39, 0.29) is 0 Å². The fourth-order valence-electron chi connectivity index (χ4n) is 2.98. The zero-order chi connectivity index (χ0) is 20.0. The van der Waals surface area contributed by atoms with Gasteiger partial charge in [0.25, 0.3) is 0 Å². The normalized spacial score (nSPS) is 14.6. The van der Waals surface area contributed by atoms with Gasteiger partial charge in [0.05, 0.1) is 0 Å². The molecule has 1 aliphatic heterocycles. The summed E-state index contributed by atoms with van der Waals surface area (Å²) in [6.45, 7) is 10.9. The van der Waals surface area contributed by atoms with E-state index in [1.807, 2.05) is 4.90 Å². The Bertz CT molecular complexity index is 804. The number of nitriles is 1. The molecule has 0 atom stereocenters. The minimum absolute atomic E-state index is 0.404. The Hall–Kier alpha value is -2.75. The van der Waals surface area contributed by atoms with Crippen molar-refractivity contribution in [1.29, 1.82) is 5.26 Å². The fraction of sp³-hybridized carbons (Fsp3) is 0.450. The zero-order valence-corrected chi connectivity index (χ0v) is 16.6. The first-order chi connectivity index (χ1) is 12.7. The molecule has 0 radical (unpaired) electrons. The number of carbonyl (C=O) groups is 1. The standard InChI is InChI=1S/C20H26BN3O3/c1-14-6-7-17(15(2)12-14)16-8-10-24(11-9-16)18(21-26-13-22)23-19(25)27-20(3,4)5/h6-8,12H,9-11H2,1-5H3,(H,23,25). The van der Waals surface area contributed by atoms with E-state index in [1.54, 1.807) is 27.0 Å². The van der Waals surface area contributed by atoms with Gasteiger partial charge in [0.2, 0.25) is 0 Å². The number of ether oxygens (including phenoxy) is 1. The quantitative estimate of drug-likeness (QED) is 0.654. The van der Waals surface area contributed by atoms with Gasteiger partial charge in [-0.1, -0.05) is 0 Å². The summed E-state index contributed by atoms with van der Waals surface area (Å²) < 4.78 is 10.0.